The number of carbonyl (C=O) groups is 1. The lowest BCUT2D eigenvalue weighted by molar-refractivity contribution is 0.100. The van der Waals surface area contributed by atoms with Crippen molar-refractivity contribution in [1.29, 1.82) is 0 Å². The van der Waals surface area contributed by atoms with Crippen molar-refractivity contribution in [3.63, 3.8) is 0 Å². The Labute approximate surface area is 101 Å². The summed E-state index contributed by atoms with van der Waals surface area (Å²) in [5.41, 5.74) is 12.1. The SMILES string of the molecule is CN(c1cc(N)ccc1C(N)=O)C(C)(C)CO. The monoisotopic (exact) mass is 237 g/mol. The largest absolute Gasteiger partial charge is 0.399 e. The fourth-order valence-electron chi connectivity index (χ4n) is 1.47. The summed E-state index contributed by atoms with van der Waals surface area (Å²) in [7, 11) is 1.79. The highest BCUT2D eigenvalue weighted by Gasteiger charge is 2.25. The van der Waals surface area contributed by atoms with Gasteiger partial charge in [-0.05, 0) is 32.0 Å². The van der Waals surface area contributed by atoms with Crippen LogP contribution in [0.25, 0.3) is 0 Å². The Morgan fingerprint density at radius 3 is 2.53 bits per heavy atom. The van der Waals surface area contributed by atoms with Crippen LogP contribution in [0.1, 0.15) is 24.2 Å². The molecule has 0 spiro atoms. The van der Waals surface area contributed by atoms with Gasteiger partial charge < -0.3 is 21.5 Å². The summed E-state index contributed by atoms with van der Waals surface area (Å²) in [4.78, 5) is 13.1. The average Bonchev–Trinajstić information content (AvgIpc) is 2.27. The second kappa shape index (κ2) is 4.63. The Bertz CT molecular complexity index is 430. The van der Waals surface area contributed by atoms with Crippen molar-refractivity contribution >= 4 is 17.3 Å². The van der Waals surface area contributed by atoms with Gasteiger partial charge in [-0.15, -0.1) is 0 Å². The van der Waals surface area contributed by atoms with Gasteiger partial charge in [0.2, 0.25) is 0 Å². The molecule has 0 aliphatic heterocycles. The maximum atomic E-state index is 11.3. The van der Waals surface area contributed by atoms with Crippen molar-refractivity contribution in [2.24, 2.45) is 5.73 Å². The van der Waals surface area contributed by atoms with Crippen molar-refractivity contribution in [3.8, 4) is 0 Å². The summed E-state index contributed by atoms with van der Waals surface area (Å²) in [6.07, 6.45) is 0. The first kappa shape index (κ1) is 13.3. The molecule has 0 atom stereocenters. The molecule has 0 fully saturated rings. The number of benzene rings is 1. The molecule has 5 nitrogen and oxygen atoms in total. The van der Waals surface area contributed by atoms with Crippen LogP contribution in [0.4, 0.5) is 11.4 Å². The van der Waals surface area contributed by atoms with Crippen LogP contribution in [-0.4, -0.2) is 30.2 Å². The van der Waals surface area contributed by atoms with Crippen LogP contribution >= 0.6 is 0 Å². The lowest BCUT2D eigenvalue weighted by Crippen LogP contribution is -2.45. The predicted molar refractivity (Wildman–Crippen MR) is 68.9 cm³/mol. The standard InChI is InChI=1S/C12H19N3O2/c1-12(2,7-16)15(3)10-6-8(13)4-5-9(10)11(14)17/h4-6,16H,7,13H2,1-3H3,(H2,14,17). The van der Waals surface area contributed by atoms with Gasteiger partial charge in [-0.1, -0.05) is 0 Å². The molecule has 1 aromatic rings. The first-order chi connectivity index (χ1) is 7.79. The number of anilines is 2. The number of amides is 1. The molecule has 0 bridgehead atoms. The van der Waals surface area contributed by atoms with Gasteiger partial charge in [-0.25, -0.2) is 0 Å². The smallest absolute Gasteiger partial charge is 0.250 e. The average molecular weight is 237 g/mol. The lowest BCUT2D eigenvalue weighted by Gasteiger charge is -2.36. The van der Waals surface area contributed by atoms with Crippen molar-refractivity contribution in [2.75, 3.05) is 24.3 Å². The van der Waals surface area contributed by atoms with E-state index in [1.165, 1.54) is 0 Å². The number of hydrogen-bond acceptors (Lipinski definition) is 4. The third kappa shape index (κ3) is 2.68. The number of likely N-dealkylation sites (N-methyl/N-ethyl adjacent to an activating group) is 1. The minimum atomic E-state index is -0.513. The fourth-order valence-corrected chi connectivity index (χ4v) is 1.47. The molecule has 17 heavy (non-hydrogen) atoms. The first-order valence-corrected chi connectivity index (χ1v) is 5.33. The first-order valence-electron chi connectivity index (χ1n) is 5.33. The Kier molecular flexibility index (Phi) is 3.63. The summed E-state index contributed by atoms with van der Waals surface area (Å²) in [6, 6.07) is 4.90. The summed E-state index contributed by atoms with van der Waals surface area (Å²) >= 11 is 0. The van der Waals surface area contributed by atoms with E-state index in [2.05, 4.69) is 0 Å². The predicted octanol–water partition coefficient (Wildman–Crippen LogP) is 0.575. The highest BCUT2D eigenvalue weighted by atomic mass is 16.3. The summed E-state index contributed by atoms with van der Waals surface area (Å²) in [5.74, 6) is -0.513. The zero-order chi connectivity index (χ0) is 13.2. The maximum absolute atomic E-state index is 11.3. The molecular formula is C12H19N3O2. The molecule has 0 aliphatic carbocycles. The molecule has 0 aliphatic rings. The Morgan fingerprint density at radius 1 is 1.47 bits per heavy atom. The number of rotatable bonds is 4. The second-order valence-corrected chi connectivity index (χ2v) is 4.67. The third-order valence-corrected chi connectivity index (χ3v) is 2.94. The Balaban J connectivity index is 3.29. The molecule has 0 radical (unpaired) electrons. The van der Waals surface area contributed by atoms with Gasteiger partial charge in [0.15, 0.2) is 0 Å². The summed E-state index contributed by atoms with van der Waals surface area (Å²) in [6.45, 7) is 3.68. The van der Waals surface area contributed by atoms with Crippen LogP contribution < -0.4 is 16.4 Å². The van der Waals surface area contributed by atoms with E-state index in [-0.39, 0.29) is 6.61 Å². The molecule has 1 aromatic carbocycles. The molecular weight excluding hydrogens is 218 g/mol. The zero-order valence-electron chi connectivity index (χ0n) is 10.4. The maximum Gasteiger partial charge on any atom is 0.250 e. The minimum absolute atomic E-state index is 0.0451. The molecule has 0 heterocycles. The van der Waals surface area contributed by atoms with E-state index in [0.29, 0.717) is 16.9 Å². The Morgan fingerprint density at radius 2 is 2.06 bits per heavy atom. The molecule has 0 unspecified atom stereocenters. The molecule has 1 amide bonds. The van der Waals surface area contributed by atoms with Gasteiger partial charge in [0.25, 0.3) is 5.91 Å². The van der Waals surface area contributed by atoms with E-state index in [1.54, 1.807) is 30.1 Å². The van der Waals surface area contributed by atoms with Gasteiger partial charge in [0.1, 0.15) is 0 Å². The minimum Gasteiger partial charge on any atom is -0.399 e. The van der Waals surface area contributed by atoms with Gasteiger partial charge in [0, 0.05) is 12.7 Å². The van der Waals surface area contributed by atoms with E-state index in [9.17, 15) is 9.90 Å². The number of hydrogen-bond donors (Lipinski definition) is 3. The van der Waals surface area contributed by atoms with E-state index in [1.807, 2.05) is 13.8 Å². The van der Waals surface area contributed by atoms with E-state index in [4.69, 9.17) is 11.5 Å². The number of carbonyl (C=O) groups excluding carboxylic acids is 1. The van der Waals surface area contributed by atoms with Gasteiger partial charge in [0.05, 0.1) is 23.4 Å². The summed E-state index contributed by atoms with van der Waals surface area (Å²) < 4.78 is 0. The lowest BCUT2D eigenvalue weighted by atomic mass is 10.0. The van der Waals surface area contributed by atoms with Gasteiger partial charge in [-0.2, -0.15) is 0 Å². The number of aliphatic hydroxyl groups is 1. The van der Waals surface area contributed by atoms with Crippen LogP contribution in [-0.2, 0) is 0 Å². The molecule has 5 N–H and O–H groups in total. The number of nitrogens with two attached hydrogens (primary N) is 2. The van der Waals surface area contributed by atoms with Crippen LogP contribution in [0.5, 0.6) is 0 Å². The molecule has 1 rings (SSSR count). The van der Waals surface area contributed by atoms with E-state index in [0.717, 1.165) is 0 Å². The van der Waals surface area contributed by atoms with Crippen molar-refractivity contribution < 1.29 is 9.90 Å². The van der Waals surface area contributed by atoms with Crippen molar-refractivity contribution in [2.45, 2.75) is 19.4 Å². The summed E-state index contributed by atoms with van der Waals surface area (Å²) in [5, 5.41) is 9.34. The number of primary amides is 1. The molecule has 0 saturated carbocycles. The number of nitrogen functional groups attached to an aromatic ring is 1. The van der Waals surface area contributed by atoms with Crippen molar-refractivity contribution in [3.05, 3.63) is 23.8 Å². The quantitative estimate of drug-likeness (QED) is 0.668. The molecule has 5 heteroatoms. The molecule has 0 saturated heterocycles. The molecule has 94 valence electrons. The van der Waals surface area contributed by atoms with Crippen LogP contribution in [0.15, 0.2) is 18.2 Å². The van der Waals surface area contributed by atoms with Gasteiger partial charge >= 0.3 is 0 Å². The number of aliphatic hydroxyl groups excluding tert-OH is 1. The van der Waals surface area contributed by atoms with E-state index >= 15 is 0 Å². The third-order valence-electron chi connectivity index (χ3n) is 2.94. The van der Waals surface area contributed by atoms with Gasteiger partial charge in [-0.3, -0.25) is 4.79 Å². The van der Waals surface area contributed by atoms with E-state index < -0.39 is 11.4 Å². The van der Waals surface area contributed by atoms with Crippen LogP contribution in [0.2, 0.25) is 0 Å². The highest BCUT2D eigenvalue weighted by molar-refractivity contribution is 5.99. The Hall–Kier alpha value is -1.75. The van der Waals surface area contributed by atoms with Crippen LogP contribution in [0, 0.1) is 0 Å². The zero-order valence-corrected chi connectivity index (χ0v) is 10.4. The second-order valence-electron chi connectivity index (χ2n) is 4.67. The van der Waals surface area contributed by atoms with Crippen molar-refractivity contribution in [1.82, 2.24) is 0 Å². The molecule has 0 aromatic heterocycles. The number of nitrogens with zero attached hydrogens (tertiary/aromatic N) is 1. The normalized spacial score (nSPS) is 11.3. The fraction of sp³-hybridized carbons (Fsp3) is 0.417. The highest BCUT2D eigenvalue weighted by Crippen LogP contribution is 2.27. The van der Waals surface area contributed by atoms with Crippen LogP contribution in [0.3, 0.4) is 0 Å². The topological polar surface area (TPSA) is 92.6 Å².